The van der Waals surface area contributed by atoms with E-state index in [1.165, 1.54) is 6.92 Å². The molecule has 2 rings (SSSR count). The van der Waals surface area contributed by atoms with Gasteiger partial charge >= 0.3 is 12.1 Å². The van der Waals surface area contributed by atoms with Crippen LogP contribution >= 0.6 is 12.4 Å². The quantitative estimate of drug-likeness (QED) is 0.815. The van der Waals surface area contributed by atoms with Crippen molar-refractivity contribution >= 4 is 24.1 Å². The van der Waals surface area contributed by atoms with Crippen molar-refractivity contribution < 1.29 is 27.8 Å². The Hall–Kier alpha value is -1.60. The van der Waals surface area contributed by atoms with Gasteiger partial charge in [-0.2, -0.15) is 13.2 Å². The maximum absolute atomic E-state index is 13.4. The van der Waals surface area contributed by atoms with Gasteiger partial charge in [-0.3, -0.25) is 4.99 Å². The molecule has 0 radical (unpaired) electrons. The molecule has 1 aromatic rings. The molecule has 1 atom stereocenters. The topological polar surface area (TPSA) is 58.9 Å². The van der Waals surface area contributed by atoms with Crippen LogP contribution in [0.2, 0.25) is 0 Å². The summed E-state index contributed by atoms with van der Waals surface area (Å²) in [4.78, 5) is 16.2. The monoisotopic (exact) mass is 379 g/mol. The van der Waals surface area contributed by atoms with E-state index in [0.717, 1.165) is 5.56 Å². The molecule has 0 saturated carbocycles. The van der Waals surface area contributed by atoms with Gasteiger partial charge in [0.05, 0.1) is 12.1 Å². The number of rotatable bonds is 4. The Morgan fingerprint density at radius 2 is 1.92 bits per heavy atom. The van der Waals surface area contributed by atoms with Gasteiger partial charge < -0.3 is 9.84 Å². The van der Waals surface area contributed by atoms with Gasteiger partial charge in [-0.15, -0.1) is 12.4 Å². The third kappa shape index (κ3) is 4.33. The van der Waals surface area contributed by atoms with Gasteiger partial charge in [0.25, 0.3) is 5.60 Å². The highest BCUT2D eigenvalue weighted by molar-refractivity contribution is 6.05. The number of carbonyl (C=O) groups is 1. The SMILES string of the molecule is CCOC(=O)C(O)(CC1=NC(C)(C)Cc2ccccc21)C(F)(F)F.Cl. The van der Waals surface area contributed by atoms with Gasteiger partial charge in [-0.25, -0.2) is 4.79 Å². The highest BCUT2D eigenvalue weighted by atomic mass is 35.5. The van der Waals surface area contributed by atoms with E-state index >= 15 is 0 Å². The number of ether oxygens (including phenoxy) is 1. The summed E-state index contributed by atoms with van der Waals surface area (Å²) in [6.07, 6.45) is -5.58. The minimum absolute atomic E-state index is 0. The van der Waals surface area contributed by atoms with E-state index in [1.54, 1.807) is 32.0 Å². The number of halogens is 4. The summed E-state index contributed by atoms with van der Waals surface area (Å²) in [5.74, 6) is -1.71. The average molecular weight is 380 g/mol. The third-order valence-corrected chi connectivity index (χ3v) is 3.89. The number of nitrogens with zero attached hydrogens (tertiary/aromatic N) is 1. The molecule has 1 N–H and O–H groups in total. The minimum Gasteiger partial charge on any atom is -0.464 e. The Morgan fingerprint density at radius 1 is 1.32 bits per heavy atom. The summed E-state index contributed by atoms with van der Waals surface area (Å²) in [6.45, 7) is 4.71. The van der Waals surface area contributed by atoms with Crippen molar-refractivity contribution in [3.05, 3.63) is 35.4 Å². The van der Waals surface area contributed by atoms with Crippen molar-refractivity contribution in [3.63, 3.8) is 0 Å². The first-order valence-corrected chi connectivity index (χ1v) is 7.63. The van der Waals surface area contributed by atoms with Gasteiger partial charge in [0, 0.05) is 12.1 Å². The Morgan fingerprint density at radius 3 is 2.48 bits per heavy atom. The fourth-order valence-electron chi connectivity index (χ4n) is 2.80. The minimum atomic E-state index is -5.17. The first-order chi connectivity index (χ1) is 11.0. The predicted octanol–water partition coefficient (Wildman–Crippen LogP) is 3.48. The van der Waals surface area contributed by atoms with E-state index in [4.69, 9.17) is 0 Å². The zero-order chi connectivity index (χ0) is 18.2. The normalized spacial score (nSPS) is 18.3. The van der Waals surface area contributed by atoms with Crippen molar-refractivity contribution in [3.8, 4) is 0 Å². The second-order valence-corrected chi connectivity index (χ2v) is 6.46. The van der Waals surface area contributed by atoms with Crippen molar-refractivity contribution in [1.29, 1.82) is 0 Å². The van der Waals surface area contributed by atoms with Gasteiger partial charge in [-0.05, 0) is 38.3 Å². The molecule has 8 heteroatoms. The summed E-state index contributed by atoms with van der Waals surface area (Å²) in [6, 6.07) is 6.93. The van der Waals surface area contributed by atoms with Crippen LogP contribution in [0.5, 0.6) is 0 Å². The molecule has 0 aliphatic carbocycles. The molecule has 0 spiro atoms. The zero-order valence-electron chi connectivity index (χ0n) is 14.2. The maximum Gasteiger partial charge on any atom is 0.428 e. The van der Waals surface area contributed by atoms with Crippen molar-refractivity contribution in [2.75, 3.05) is 6.61 Å². The first-order valence-electron chi connectivity index (χ1n) is 7.63. The van der Waals surface area contributed by atoms with Crippen LogP contribution in [0, 0.1) is 0 Å². The molecule has 1 heterocycles. The smallest absolute Gasteiger partial charge is 0.428 e. The second kappa shape index (κ2) is 7.33. The lowest BCUT2D eigenvalue weighted by molar-refractivity contribution is -0.260. The average Bonchev–Trinajstić information content (AvgIpc) is 2.45. The molecule has 1 aliphatic rings. The summed E-state index contributed by atoms with van der Waals surface area (Å²) >= 11 is 0. The Bertz CT molecular complexity index is 673. The molecule has 1 unspecified atom stereocenters. The van der Waals surface area contributed by atoms with E-state index in [2.05, 4.69) is 9.73 Å². The van der Waals surface area contributed by atoms with Crippen LogP contribution in [0.3, 0.4) is 0 Å². The van der Waals surface area contributed by atoms with Crippen LogP contribution in [0.4, 0.5) is 13.2 Å². The summed E-state index contributed by atoms with van der Waals surface area (Å²) in [7, 11) is 0. The molecule has 0 saturated heterocycles. The molecule has 0 bridgehead atoms. The summed E-state index contributed by atoms with van der Waals surface area (Å²) in [5, 5.41) is 10.1. The van der Waals surface area contributed by atoms with Gasteiger partial charge in [0.2, 0.25) is 0 Å². The molecule has 1 aliphatic heterocycles. The van der Waals surface area contributed by atoms with Crippen molar-refractivity contribution in [1.82, 2.24) is 0 Å². The van der Waals surface area contributed by atoms with Crippen LogP contribution in [-0.2, 0) is 16.0 Å². The Kier molecular flexibility index (Phi) is 6.29. The van der Waals surface area contributed by atoms with E-state index < -0.39 is 29.7 Å². The summed E-state index contributed by atoms with van der Waals surface area (Å²) in [5.41, 5.74) is -2.84. The molecule has 140 valence electrons. The Labute approximate surface area is 150 Å². The number of carbonyl (C=O) groups excluding carboxylic acids is 1. The molecule has 0 fully saturated rings. The van der Waals surface area contributed by atoms with Crippen LogP contribution in [0.15, 0.2) is 29.3 Å². The highest BCUT2D eigenvalue weighted by Crippen LogP contribution is 2.38. The van der Waals surface area contributed by atoms with Gasteiger partial charge in [-0.1, -0.05) is 24.3 Å². The van der Waals surface area contributed by atoms with Crippen LogP contribution in [0.25, 0.3) is 0 Å². The van der Waals surface area contributed by atoms with Gasteiger partial charge in [0.1, 0.15) is 0 Å². The van der Waals surface area contributed by atoms with E-state index in [9.17, 15) is 23.1 Å². The van der Waals surface area contributed by atoms with Crippen LogP contribution in [-0.4, -0.2) is 40.7 Å². The largest absolute Gasteiger partial charge is 0.464 e. The highest BCUT2D eigenvalue weighted by Gasteiger charge is 2.61. The van der Waals surface area contributed by atoms with Crippen LogP contribution < -0.4 is 0 Å². The maximum atomic E-state index is 13.4. The number of aliphatic hydroxyl groups is 1. The van der Waals surface area contributed by atoms with Crippen molar-refractivity contribution in [2.45, 2.75) is 50.9 Å². The third-order valence-electron chi connectivity index (χ3n) is 3.89. The van der Waals surface area contributed by atoms with E-state index in [-0.39, 0.29) is 24.7 Å². The lowest BCUT2D eigenvalue weighted by atomic mass is 9.83. The first kappa shape index (κ1) is 21.4. The molecule has 0 aromatic heterocycles. The summed E-state index contributed by atoms with van der Waals surface area (Å²) < 4.78 is 44.6. The number of alkyl halides is 3. The molecular weight excluding hydrogens is 359 g/mol. The number of fused-ring (bicyclic) bond motifs is 1. The number of esters is 1. The Balaban J connectivity index is 0.00000312. The number of hydrogen-bond donors (Lipinski definition) is 1. The lowest BCUT2D eigenvalue weighted by Crippen LogP contribution is -2.54. The fourth-order valence-corrected chi connectivity index (χ4v) is 2.80. The molecular formula is C17H21ClF3NO3. The molecule has 1 aromatic carbocycles. The standard InChI is InChI=1S/C17H20F3NO3.ClH/c1-4-24-14(22)16(23,17(18,19)20)10-13-12-8-6-5-7-11(12)9-15(2,3)21-13;/h5-8,23H,4,9-10H2,1-3H3;1H. The van der Waals surface area contributed by atoms with Gasteiger partial charge in [0.15, 0.2) is 0 Å². The van der Waals surface area contributed by atoms with E-state index in [0.29, 0.717) is 12.0 Å². The fraction of sp³-hybridized carbons (Fsp3) is 0.529. The molecule has 0 amide bonds. The van der Waals surface area contributed by atoms with Crippen molar-refractivity contribution in [2.24, 2.45) is 4.99 Å². The number of benzene rings is 1. The molecule has 4 nitrogen and oxygen atoms in total. The zero-order valence-corrected chi connectivity index (χ0v) is 15.0. The lowest BCUT2D eigenvalue weighted by Gasteiger charge is -2.33. The van der Waals surface area contributed by atoms with Crippen LogP contribution in [0.1, 0.15) is 38.3 Å². The molecule has 25 heavy (non-hydrogen) atoms. The number of hydrogen-bond acceptors (Lipinski definition) is 4. The predicted molar refractivity (Wildman–Crippen MR) is 90.3 cm³/mol. The number of aliphatic imine (C=N–C) groups is 1. The van der Waals surface area contributed by atoms with E-state index in [1.807, 2.05) is 6.07 Å². The second-order valence-electron chi connectivity index (χ2n) is 6.46.